The molecule has 2 heterocycles. The second kappa shape index (κ2) is 3.21. The third-order valence-corrected chi connectivity index (χ3v) is 5.04. The molecule has 0 amide bonds. The van der Waals surface area contributed by atoms with Crippen LogP contribution in [0.4, 0.5) is 0 Å². The third kappa shape index (κ3) is 1.24. The maximum absolute atomic E-state index is 6.09. The number of nitrogens with zero attached hydrogens (tertiary/aromatic N) is 1. The maximum Gasteiger partial charge on any atom is 0.0120 e. The van der Waals surface area contributed by atoms with Crippen LogP contribution < -0.4 is 5.73 Å². The Morgan fingerprint density at radius 2 is 1.86 bits per heavy atom. The molecule has 3 atom stereocenters. The number of nitrogens with two attached hydrogens (primary N) is 1. The normalized spacial score (nSPS) is 45.4. The number of hydrogen-bond donors (Lipinski definition) is 1. The quantitative estimate of drug-likeness (QED) is 0.721. The van der Waals surface area contributed by atoms with Crippen LogP contribution in [0.2, 0.25) is 0 Å². The van der Waals surface area contributed by atoms with E-state index in [2.05, 4.69) is 11.8 Å². The van der Waals surface area contributed by atoms with Gasteiger partial charge in [-0.25, -0.2) is 0 Å². The van der Waals surface area contributed by atoms with E-state index in [-0.39, 0.29) is 0 Å². The standard InChI is InChI=1S/C12H22N2/c1-8(9-3-2-4-9)14-6-10-5-11(7-14)12(10)13/h8-12H,2-7,13H2,1H3. The summed E-state index contributed by atoms with van der Waals surface area (Å²) in [5.74, 6) is 2.66. The zero-order valence-electron chi connectivity index (χ0n) is 9.15. The Bertz CT molecular complexity index is 212. The van der Waals surface area contributed by atoms with Crippen LogP contribution in [-0.4, -0.2) is 30.1 Å². The van der Waals surface area contributed by atoms with Crippen LogP contribution in [0.3, 0.4) is 0 Å². The van der Waals surface area contributed by atoms with Crippen molar-refractivity contribution in [2.45, 2.75) is 44.7 Å². The molecular weight excluding hydrogens is 172 g/mol. The summed E-state index contributed by atoms with van der Waals surface area (Å²) in [5, 5.41) is 0. The summed E-state index contributed by atoms with van der Waals surface area (Å²) in [6.07, 6.45) is 5.82. The smallest absolute Gasteiger partial charge is 0.0120 e. The van der Waals surface area contributed by atoms with Gasteiger partial charge in [0.2, 0.25) is 0 Å². The molecular formula is C12H22N2. The molecule has 0 aromatic carbocycles. The SMILES string of the molecule is CC(C1CCC1)N1CC2CC(C1)C2N. The zero-order chi connectivity index (χ0) is 9.71. The van der Waals surface area contributed by atoms with Crippen molar-refractivity contribution in [3.8, 4) is 0 Å². The van der Waals surface area contributed by atoms with Gasteiger partial charge in [0.1, 0.15) is 0 Å². The van der Waals surface area contributed by atoms with E-state index in [0.717, 1.165) is 23.8 Å². The van der Waals surface area contributed by atoms with Crippen molar-refractivity contribution in [1.29, 1.82) is 0 Å². The molecule has 0 spiro atoms. The molecule has 3 unspecified atom stereocenters. The van der Waals surface area contributed by atoms with Gasteiger partial charge >= 0.3 is 0 Å². The molecule has 0 aromatic heterocycles. The van der Waals surface area contributed by atoms with Gasteiger partial charge in [-0.2, -0.15) is 0 Å². The molecule has 2 nitrogen and oxygen atoms in total. The minimum absolute atomic E-state index is 0.542. The molecule has 2 bridgehead atoms. The largest absolute Gasteiger partial charge is 0.327 e. The van der Waals surface area contributed by atoms with Gasteiger partial charge in [0.25, 0.3) is 0 Å². The fourth-order valence-electron chi connectivity index (χ4n) is 3.51. The lowest BCUT2D eigenvalue weighted by molar-refractivity contribution is -0.0372. The molecule has 80 valence electrons. The van der Waals surface area contributed by atoms with Crippen molar-refractivity contribution < 1.29 is 0 Å². The highest BCUT2D eigenvalue weighted by Crippen LogP contribution is 2.41. The molecule has 4 rings (SSSR count). The summed E-state index contributed by atoms with van der Waals surface area (Å²) in [5.41, 5.74) is 6.09. The van der Waals surface area contributed by atoms with Crippen LogP contribution >= 0.6 is 0 Å². The van der Waals surface area contributed by atoms with E-state index in [0.29, 0.717) is 6.04 Å². The monoisotopic (exact) mass is 194 g/mol. The Labute approximate surface area is 86.8 Å². The van der Waals surface area contributed by atoms with Gasteiger partial charge in [0, 0.05) is 25.2 Å². The van der Waals surface area contributed by atoms with Gasteiger partial charge in [-0.1, -0.05) is 6.42 Å². The second-order valence-electron chi connectivity index (χ2n) is 5.72. The van der Waals surface area contributed by atoms with Crippen LogP contribution in [0.5, 0.6) is 0 Å². The molecule has 2 aliphatic carbocycles. The first-order chi connectivity index (χ1) is 6.75. The molecule has 2 aliphatic heterocycles. The molecule has 0 radical (unpaired) electrons. The molecule has 14 heavy (non-hydrogen) atoms. The fourth-order valence-corrected chi connectivity index (χ4v) is 3.51. The van der Waals surface area contributed by atoms with Gasteiger partial charge in [0.15, 0.2) is 0 Å². The minimum Gasteiger partial charge on any atom is -0.327 e. The van der Waals surface area contributed by atoms with Gasteiger partial charge in [0.05, 0.1) is 0 Å². The highest BCUT2D eigenvalue weighted by atomic mass is 15.2. The van der Waals surface area contributed by atoms with Crippen LogP contribution in [0.1, 0.15) is 32.6 Å². The molecule has 2 heteroatoms. The van der Waals surface area contributed by atoms with E-state index < -0.39 is 0 Å². The Balaban J connectivity index is 1.59. The molecule has 4 aliphatic rings. The number of piperidine rings is 2. The summed E-state index contributed by atoms with van der Waals surface area (Å²) >= 11 is 0. The molecule has 2 saturated heterocycles. The predicted octanol–water partition coefficient (Wildman–Crippen LogP) is 1.45. The second-order valence-corrected chi connectivity index (χ2v) is 5.72. The average molecular weight is 194 g/mol. The van der Waals surface area contributed by atoms with Crippen molar-refractivity contribution >= 4 is 0 Å². The Morgan fingerprint density at radius 1 is 1.21 bits per heavy atom. The molecule has 2 N–H and O–H groups in total. The summed E-state index contributed by atoms with van der Waals surface area (Å²) in [4.78, 5) is 2.71. The Morgan fingerprint density at radius 3 is 2.29 bits per heavy atom. The lowest BCUT2D eigenvalue weighted by Gasteiger charge is -2.55. The van der Waals surface area contributed by atoms with Crippen LogP contribution in [-0.2, 0) is 0 Å². The van der Waals surface area contributed by atoms with Crippen LogP contribution in [0, 0.1) is 17.8 Å². The first kappa shape index (κ1) is 9.17. The third-order valence-electron chi connectivity index (χ3n) is 5.04. The molecule has 2 saturated carbocycles. The summed E-state index contributed by atoms with van der Waals surface area (Å²) in [6.45, 7) is 5.00. The van der Waals surface area contributed by atoms with Crippen LogP contribution in [0.25, 0.3) is 0 Å². The van der Waals surface area contributed by atoms with E-state index in [1.165, 1.54) is 38.8 Å². The zero-order valence-corrected chi connectivity index (χ0v) is 9.15. The van der Waals surface area contributed by atoms with Crippen molar-refractivity contribution in [3.05, 3.63) is 0 Å². The van der Waals surface area contributed by atoms with Crippen molar-refractivity contribution in [2.75, 3.05) is 13.1 Å². The summed E-state index contributed by atoms with van der Waals surface area (Å²) < 4.78 is 0. The fraction of sp³-hybridized carbons (Fsp3) is 1.00. The van der Waals surface area contributed by atoms with Gasteiger partial charge in [-0.3, -0.25) is 4.90 Å². The van der Waals surface area contributed by atoms with Gasteiger partial charge in [-0.05, 0) is 43.9 Å². The average Bonchev–Trinajstić information content (AvgIpc) is 2.14. The van der Waals surface area contributed by atoms with Crippen molar-refractivity contribution in [3.63, 3.8) is 0 Å². The van der Waals surface area contributed by atoms with E-state index >= 15 is 0 Å². The summed E-state index contributed by atoms with van der Waals surface area (Å²) in [6, 6.07) is 1.38. The van der Waals surface area contributed by atoms with Gasteiger partial charge in [-0.15, -0.1) is 0 Å². The Hall–Kier alpha value is -0.0800. The van der Waals surface area contributed by atoms with E-state index in [1.54, 1.807) is 0 Å². The first-order valence-electron chi connectivity index (χ1n) is 6.25. The van der Waals surface area contributed by atoms with Crippen molar-refractivity contribution in [2.24, 2.45) is 23.5 Å². The number of rotatable bonds is 2. The summed E-state index contributed by atoms with van der Waals surface area (Å²) in [7, 11) is 0. The lowest BCUT2D eigenvalue weighted by atomic mass is 9.65. The lowest BCUT2D eigenvalue weighted by Crippen LogP contribution is -2.64. The number of fused-ring (bicyclic) bond motifs is 2. The van der Waals surface area contributed by atoms with E-state index in [9.17, 15) is 0 Å². The van der Waals surface area contributed by atoms with E-state index in [1.807, 2.05) is 0 Å². The van der Waals surface area contributed by atoms with Crippen LogP contribution in [0.15, 0.2) is 0 Å². The predicted molar refractivity (Wildman–Crippen MR) is 57.9 cm³/mol. The highest BCUT2D eigenvalue weighted by molar-refractivity contribution is 5.01. The van der Waals surface area contributed by atoms with Crippen molar-refractivity contribution in [1.82, 2.24) is 4.90 Å². The number of hydrogen-bond acceptors (Lipinski definition) is 2. The maximum atomic E-state index is 6.09. The molecule has 0 aromatic rings. The minimum atomic E-state index is 0.542. The highest BCUT2D eigenvalue weighted by Gasteiger charge is 2.46. The topological polar surface area (TPSA) is 29.3 Å². The van der Waals surface area contributed by atoms with Gasteiger partial charge < -0.3 is 5.73 Å². The van der Waals surface area contributed by atoms with E-state index in [4.69, 9.17) is 5.73 Å². The molecule has 4 fully saturated rings. The Kier molecular flexibility index (Phi) is 2.10. The first-order valence-corrected chi connectivity index (χ1v) is 6.25.